The van der Waals surface area contributed by atoms with Gasteiger partial charge in [-0.15, -0.1) is 0 Å². The van der Waals surface area contributed by atoms with Crippen molar-refractivity contribution in [3.05, 3.63) is 71.8 Å². The van der Waals surface area contributed by atoms with E-state index in [0.29, 0.717) is 39.3 Å². The van der Waals surface area contributed by atoms with Gasteiger partial charge in [0.25, 0.3) is 0 Å². The predicted molar refractivity (Wildman–Crippen MR) is 126 cm³/mol. The van der Waals surface area contributed by atoms with Gasteiger partial charge in [0, 0.05) is 57.8 Å². The predicted octanol–water partition coefficient (Wildman–Crippen LogP) is 2.28. The maximum absolute atomic E-state index is 13.3. The summed E-state index contributed by atoms with van der Waals surface area (Å²) in [6.07, 6.45) is 1.22. The van der Waals surface area contributed by atoms with Gasteiger partial charge in [-0.3, -0.25) is 4.90 Å². The first kappa shape index (κ1) is 22.8. The molecule has 2 amide bonds. The molecule has 172 valence electrons. The second-order valence-electron chi connectivity index (χ2n) is 8.82. The quantitative estimate of drug-likeness (QED) is 0.693. The average molecular weight is 457 g/mol. The molecule has 4 rings (SSSR count). The summed E-state index contributed by atoms with van der Waals surface area (Å²) < 4.78 is 25.0. The molecule has 0 spiro atoms. The fourth-order valence-electron chi connectivity index (χ4n) is 4.82. The molecule has 0 bridgehead atoms. The first-order chi connectivity index (χ1) is 15.3. The Morgan fingerprint density at radius 2 is 1.50 bits per heavy atom. The van der Waals surface area contributed by atoms with Crippen LogP contribution in [0.2, 0.25) is 0 Å². The highest BCUT2D eigenvalue weighted by molar-refractivity contribution is 7.88. The summed E-state index contributed by atoms with van der Waals surface area (Å²) >= 11 is 0. The van der Waals surface area contributed by atoms with E-state index in [4.69, 9.17) is 0 Å². The lowest BCUT2D eigenvalue weighted by atomic mass is 9.93. The largest absolute Gasteiger partial charge is 0.322 e. The van der Waals surface area contributed by atoms with Crippen LogP contribution in [0, 0.1) is 0 Å². The zero-order chi connectivity index (χ0) is 22.7. The molecule has 0 radical (unpaired) electrons. The van der Waals surface area contributed by atoms with Crippen molar-refractivity contribution in [1.82, 2.24) is 19.0 Å². The van der Waals surface area contributed by atoms with Gasteiger partial charge in [0.2, 0.25) is 10.0 Å². The third-order valence-corrected chi connectivity index (χ3v) is 7.91. The number of carbonyl (C=O) groups excluding carboxylic acids is 1. The lowest BCUT2D eigenvalue weighted by molar-refractivity contribution is 0.138. The Bertz CT molecular complexity index is 1010. The number of sulfonamides is 1. The summed E-state index contributed by atoms with van der Waals surface area (Å²) in [6.45, 7) is 3.73. The number of carbonyl (C=O) groups is 1. The summed E-state index contributed by atoms with van der Waals surface area (Å²) in [5.74, 6) is 0.228. The van der Waals surface area contributed by atoms with Crippen LogP contribution in [0.5, 0.6) is 0 Å². The standard InChI is InChI=1S/C24H32N4O3S/c1-25(17-20-9-5-3-6-10-20)23-19-27(18-22(23)21-11-7-4-8-12-21)24(29)26-13-15-28(16-14-26)32(2,30)31/h3-12,22-23H,13-19H2,1-2H3/t22-,23+/m1/s1. The van der Waals surface area contributed by atoms with Crippen molar-refractivity contribution in [2.24, 2.45) is 0 Å². The van der Waals surface area contributed by atoms with Crippen LogP contribution < -0.4 is 0 Å². The number of urea groups is 1. The second kappa shape index (κ2) is 9.60. The van der Waals surface area contributed by atoms with Gasteiger partial charge in [-0.1, -0.05) is 60.7 Å². The van der Waals surface area contributed by atoms with Crippen LogP contribution >= 0.6 is 0 Å². The summed E-state index contributed by atoms with van der Waals surface area (Å²) in [5, 5.41) is 0. The van der Waals surface area contributed by atoms with Crippen LogP contribution in [-0.2, 0) is 16.6 Å². The first-order valence-electron chi connectivity index (χ1n) is 11.1. The minimum absolute atomic E-state index is 0.00898. The van der Waals surface area contributed by atoms with E-state index in [0.717, 1.165) is 6.54 Å². The number of rotatable bonds is 5. The number of hydrogen-bond acceptors (Lipinski definition) is 4. The van der Waals surface area contributed by atoms with Gasteiger partial charge >= 0.3 is 6.03 Å². The number of nitrogens with zero attached hydrogens (tertiary/aromatic N) is 4. The van der Waals surface area contributed by atoms with E-state index in [9.17, 15) is 13.2 Å². The van der Waals surface area contributed by atoms with Gasteiger partial charge in [-0.2, -0.15) is 4.31 Å². The number of amides is 2. The molecule has 2 aliphatic heterocycles. The third-order valence-electron chi connectivity index (χ3n) is 6.61. The van der Waals surface area contributed by atoms with Crippen molar-refractivity contribution < 1.29 is 13.2 Å². The van der Waals surface area contributed by atoms with Gasteiger partial charge in [0.1, 0.15) is 0 Å². The minimum Gasteiger partial charge on any atom is -0.322 e. The Morgan fingerprint density at radius 1 is 0.906 bits per heavy atom. The molecule has 7 nitrogen and oxygen atoms in total. The van der Waals surface area contributed by atoms with E-state index >= 15 is 0 Å². The van der Waals surface area contributed by atoms with Gasteiger partial charge < -0.3 is 9.80 Å². The third kappa shape index (κ3) is 5.14. The van der Waals surface area contributed by atoms with Crippen molar-refractivity contribution in [2.75, 3.05) is 52.6 Å². The van der Waals surface area contributed by atoms with Crippen molar-refractivity contribution in [3.63, 3.8) is 0 Å². The molecular weight excluding hydrogens is 424 g/mol. The van der Waals surface area contributed by atoms with E-state index < -0.39 is 10.0 Å². The highest BCUT2D eigenvalue weighted by Crippen LogP contribution is 2.32. The molecule has 2 aromatic carbocycles. The Balaban J connectivity index is 1.48. The van der Waals surface area contributed by atoms with E-state index in [2.05, 4.69) is 60.5 Å². The van der Waals surface area contributed by atoms with Gasteiger partial charge in [-0.25, -0.2) is 13.2 Å². The monoisotopic (exact) mass is 456 g/mol. The molecule has 2 atom stereocenters. The van der Waals surface area contributed by atoms with E-state index in [-0.39, 0.29) is 18.0 Å². The molecule has 8 heteroatoms. The second-order valence-corrected chi connectivity index (χ2v) is 10.8. The Morgan fingerprint density at radius 3 is 2.09 bits per heavy atom. The van der Waals surface area contributed by atoms with Crippen LogP contribution in [0.25, 0.3) is 0 Å². The summed E-state index contributed by atoms with van der Waals surface area (Å²) in [4.78, 5) is 19.4. The molecule has 0 aromatic heterocycles. The van der Waals surface area contributed by atoms with E-state index in [1.165, 1.54) is 21.7 Å². The fraction of sp³-hybridized carbons (Fsp3) is 0.458. The number of benzene rings is 2. The summed E-state index contributed by atoms with van der Waals surface area (Å²) in [6, 6.07) is 21.0. The maximum atomic E-state index is 13.3. The molecule has 0 saturated carbocycles. The van der Waals surface area contributed by atoms with Crippen LogP contribution in [0.3, 0.4) is 0 Å². The van der Waals surface area contributed by atoms with Crippen molar-refractivity contribution in [2.45, 2.75) is 18.5 Å². The van der Waals surface area contributed by atoms with Crippen LogP contribution in [0.15, 0.2) is 60.7 Å². The Labute approximate surface area is 191 Å². The smallest absolute Gasteiger partial charge is 0.320 e. The van der Waals surface area contributed by atoms with Gasteiger partial charge in [0.05, 0.1) is 6.26 Å². The molecule has 32 heavy (non-hydrogen) atoms. The SMILES string of the molecule is CN(Cc1ccccc1)[C@H]1CN(C(=O)N2CCN(S(C)(=O)=O)CC2)C[C@@H]1c1ccccc1. The zero-order valence-corrected chi connectivity index (χ0v) is 19.6. The highest BCUT2D eigenvalue weighted by atomic mass is 32.2. The molecule has 2 fully saturated rings. The zero-order valence-electron chi connectivity index (χ0n) is 18.8. The number of piperazine rings is 1. The minimum atomic E-state index is -3.21. The topological polar surface area (TPSA) is 64.2 Å². The molecule has 0 unspecified atom stereocenters. The maximum Gasteiger partial charge on any atom is 0.320 e. The van der Waals surface area contributed by atoms with Crippen LogP contribution in [0.1, 0.15) is 17.0 Å². The average Bonchev–Trinajstić information content (AvgIpc) is 3.25. The lowest BCUT2D eigenvalue weighted by Crippen LogP contribution is -2.53. The summed E-state index contributed by atoms with van der Waals surface area (Å²) in [5.41, 5.74) is 2.50. The molecule has 2 heterocycles. The lowest BCUT2D eigenvalue weighted by Gasteiger charge is -2.35. The number of likely N-dealkylation sites (tertiary alicyclic amines) is 1. The van der Waals surface area contributed by atoms with Crippen molar-refractivity contribution in [1.29, 1.82) is 0 Å². The highest BCUT2D eigenvalue weighted by Gasteiger charge is 2.40. The normalized spacial score (nSPS) is 22.5. The van der Waals surface area contributed by atoms with Gasteiger partial charge in [-0.05, 0) is 18.2 Å². The van der Waals surface area contributed by atoms with Crippen LogP contribution in [-0.4, -0.2) is 92.1 Å². The molecule has 0 N–H and O–H groups in total. The van der Waals surface area contributed by atoms with Crippen molar-refractivity contribution >= 4 is 16.1 Å². The van der Waals surface area contributed by atoms with Crippen LogP contribution in [0.4, 0.5) is 4.79 Å². The van der Waals surface area contributed by atoms with Crippen molar-refractivity contribution in [3.8, 4) is 0 Å². The summed E-state index contributed by atoms with van der Waals surface area (Å²) in [7, 11) is -1.08. The molecule has 2 aliphatic rings. The molecule has 2 aromatic rings. The molecule has 0 aliphatic carbocycles. The first-order valence-corrected chi connectivity index (χ1v) is 13.0. The van der Waals surface area contributed by atoms with E-state index in [1.54, 1.807) is 4.90 Å². The molecule has 2 saturated heterocycles. The molecular formula is C24H32N4O3S. The number of likely N-dealkylation sites (N-methyl/N-ethyl adjacent to an activating group) is 1. The van der Waals surface area contributed by atoms with E-state index in [1.807, 2.05) is 17.0 Å². The fourth-order valence-corrected chi connectivity index (χ4v) is 5.64. The Kier molecular flexibility index (Phi) is 6.83. The Hall–Kier alpha value is -2.42. The number of hydrogen-bond donors (Lipinski definition) is 0. The van der Waals surface area contributed by atoms with Gasteiger partial charge in [0.15, 0.2) is 0 Å².